The van der Waals surface area contributed by atoms with E-state index in [1.807, 2.05) is 0 Å². The average molecular weight is 224 g/mol. The number of hydrogen-bond acceptors (Lipinski definition) is 2. The second kappa shape index (κ2) is 5.48. The second-order valence-electron chi connectivity index (χ2n) is 3.05. The Hall–Kier alpha value is -0.240. The number of alkyl halides is 1. The van der Waals surface area contributed by atoms with Gasteiger partial charge >= 0.3 is 0 Å². The van der Waals surface area contributed by atoms with E-state index in [0.29, 0.717) is 5.88 Å². The molecule has 0 aliphatic carbocycles. The first-order valence-electron chi connectivity index (χ1n) is 3.93. The molecular formula is C8H14ClNO2S. The lowest BCUT2D eigenvalue weighted by Crippen LogP contribution is -2.35. The van der Waals surface area contributed by atoms with Crippen LogP contribution in [0.1, 0.15) is 13.8 Å². The Labute approximate surface area is 84.9 Å². The molecule has 1 N–H and O–H groups in total. The van der Waals surface area contributed by atoms with Crippen molar-refractivity contribution in [1.82, 2.24) is 4.72 Å². The van der Waals surface area contributed by atoms with Crippen molar-refractivity contribution in [2.45, 2.75) is 19.9 Å². The van der Waals surface area contributed by atoms with E-state index in [0.717, 1.165) is 0 Å². The molecular weight excluding hydrogens is 210 g/mol. The lowest BCUT2D eigenvalue weighted by molar-refractivity contribution is 0.565. The Balaban J connectivity index is 4.19. The zero-order valence-corrected chi connectivity index (χ0v) is 9.32. The molecule has 0 saturated carbocycles. The summed E-state index contributed by atoms with van der Waals surface area (Å²) in [5.41, 5.74) is 0. The van der Waals surface area contributed by atoms with Crippen LogP contribution in [-0.4, -0.2) is 26.1 Å². The van der Waals surface area contributed by atoms with Gasteiger partial charge in [-0.25, -0.2) is 13.1 Å². The highest BCUT2D eigenvalue weighted by molar-refractivity contribution is 7.89. The Morgan fingerprint density at radius 2 is 2.08 bits per heavy atom. The molecule has 0 aromatic carbocycles. The van der Waals surface area contributed by atoms with E-state index >= 15 is 0 Å². The van der Waals surface area contributed by atoms with Crippen molar-refractivity contribution in [2.24, 2.45) is 5.92 Å². The Bertz CT molecular complexity index is 281. The monoisotopic (exact) mass is 223 g/mol. The average Bonchev–Trinajstić information content (AvgIpc) is 2.02. The van der Waals surface area contributed by atoms with Crippen molar-refractivity contribution in [3.8, 4) is 12.3 Å². The summed E-state index contributed by atoms with van der Waals surface area (Å²) >= 11 is 5.50. The van der Waals surface area contributed by atoms with Crippen LogP contribution >= 0.6 is 11.6 Å². The highest BCUT2D eigenvalue weighted by atomic mass is 35.5. The fraction of sp³-hybridized carbons (Fsp3) is 0.750. The molecule has 0 radical (unpaired) electrons. The maximum absolute atomic E-state index is 11.3. The first-order chi connectivity index (χ1) is 5.91. The van der Waals surface area contributed by atoms with Crippen LogP contribution in [0.15, 0.2) is 0 Å². The predicted molar refractivity (Wildman–Crippen MR) is 55.1 cm³/mol. The van der Waals surface area contributed by atoms with Gasteiger partial charge in [0.05, 0.1) is 11.8 Å². The van der Waals surface area contributed by atoms with Crippen molar-refractivity contribution >= 4 is 21.6 Å². The van der Waals surface area contributed by atoms with E-state index in [1.165, 1.54) is 0 Å². The molecule has 0 fully saturated rings. The SMILES string of the molecule is C#CC(C)NS(=O)(=O)CC(C)CCl. The predicted octanol–water partition coefficient (Wildman–Crippen LogP) is 0.802. The van der Waals surface area contributed by atoms with Crippen molar-refractivity contribution in [2.75, 3.05) is 11.6 Å². The van der Waals surface area contributed by atoms with Crippen LogP contribution in [0.4, 0.5) is 0 Å². The summed E-state index contributed by atoms with van der Waals surface area (Å²) in [6.45, 7) is 3.38. The zero-order chi connectivity index (χ0) is 10.5. The van der Waals surface area contributed by atoms with Gasteiger partial charge in [-0.3, -0.25) is 0 Å². The minimum Gasteiger partial charge on any atom is -0.212 e. The fourth-order valence-corrected chi connectivity index (χ4v) is 2.58. The minimum absolute atomic E-state index is 0.0164. The lowest BCUT2D eigenvalue weighted by Gasteiger charge is -2.11. The third-order valence-corrected chi connectivity index (χ3v) is 3.62. The molecule has 0 aromatic rings. The van der Waals surface area contributed by atoms with Gasteiger partial charge in [0.25, 0.3) is 0 Å². The molecule has 5 heteroatoms. The molecule has 13 heavy (non-hydrogen) atoms. The number of rotatable bonds is 5. The van der Waals surface area contributed by atoms with E-state index in [9.17, 15) is 8.42 Å². The third-order valence-electron chi connectivity index (χ3n) is 1.37. The molecule has 0 aliphatic heterocycles. The molecule has 2 atom stereocenters. The van der Waals surface area contributed by atoms with Crippen molar-refractivity contribution in [3.05, 3.63) is 0 Å². The number of hydrogen-bond donors (Lipinski definition) is 1. The maximum atomic E-state index is 11.3. The van der Waals surface area contributed by atoms with Crippen LogP contribution < -0.4 is 4.72 Å². The van der Waals surface area contributed by atoms with E-state index in [1.54, 1.807) is 13.8 Å². The van der Waals surface area contributed by atoms with Gasteiger partial charge in [-0.1, -0.05) is 12.8 Å². The molecule has 0 rings (SSSR count). The standard InChI is InChI=1S/C8H14ClNO2S/c1-4-8(3)10-13(11,12)6-7(2)5-9/h1,7-8,10H,5-6H2,2-3H3. The van der Waals surface area contributed by atoms with Crippen LogP contribution in [0.3, 0.4) is 0 Å². The Morgan fingerprint density at radius 1 is 1.54 bits per heavy atom. The fourth-order valence-electron chi connectivity index (χ4n) is 0.771. The number of halogens is 1. The minimum atomic E-state index is -3.28. The highest BCUT2D eigenvalue weighted by Gasteiger charge is 2.16. The van der Waals surface area contributed by atoms with Crippen LogP contribution in [-0.2, 0) is 10.0 Å². The van der Waals surface area contributed by atoms with Crippen LogP contribution in [0, 0.1) is 18.3 Å². The molecule has 76 valence electrons. The van der Waals surface area contributed by atoms with Gasteiger partial charge in [0, 0.05) is 5.88 Å². The first-order valence-corrected chi connectivity index (χ1v) is 6.12. The maximum Gasteiger partial charge on any atom is 0.212 e. The molecule has 0 amide bonds. The normalized spacial score (nSPS) is 16.2. The van der Waals surface area contributed by atoms with E-state index in [2.05, 4.69) is 10.6 Å². The molecule has 2 unspecified atom stereocenters. The molecule has 0 heterocycles. The molecule has 0 aromatic heterocycles. The molecule has 0 aliphatic rings. The molecule has 3 nitrogen and oxygen atoms in total. The Morgan fingerprint density at radius 3 is 2.46 bits per heavy atom. The topological polar surface area (TPSA) is 46.2 Å². The van der Waals surface area contributed by atoms with Crippen molar-refractivity contribution in [1.29, 1.82) is 0 Å². The van der Waals surface area contributed by atoms with Gasteiger partial charge in [0.2, 0.25) is 10.0 Å². The Kier molecular flexibility index (Phi) is 5.38. The quantitative estimate of drug-likeness (QED) is 0.554. The van der Waals surface area contributed by atoms with E-state index in [-0.39, 0.29) is 11.7 Å². The van der Waals surface area contributed by atoms with Crippen LogP contribution in [0.5, 0.6) is 0 Å². The summed E-state index contributed by atoms with van der Waals surface area (Å²) < 4.78 is 25.0. The summed E-state index contributed by atoms with van der Waals surface area (Å²) in [4.78, 5) is 0. The van der Waals surface area contributed by atoms with Crippen LogP contribution in [0.25, 0.3) is 0 Å². The second-order valence-corrected chi connectivity index (χ2v) is 5.15. The number of sulfonamides is 1. The van der Waals surface area contributed by atoms with E-state index < -0.39 is 16.1 Å². The molecule has 0 bridgehead atoms. The first kappa shape index (κ1) is 12.8. The number of terminal acetylenes is 1. The lowest BCUT2D eigenvalue weighted by atomic mass is 10.3. The van der Waals surface area contributed by atoms with Gasteiger partial charge < -0.3 is 0 Å². The summed E-state index contributed by atoms with van der Waals surface area (Å²) in [6.07, 6.45) is 5.04. The van der Waals surface area contributed by atoms with Crippen molar-refractivity contribution in [3.63, 3.8) is 0 Å². The van der Waals surface area contributed by atoms with Gasteiger partial charge in [-0.2, -0.15) is 0 Å². The summed E-state index contributed by atoms with van der Waals surface area (Å²) in [5, 5.41) is 0. The van der Waals surface area contributed by atoms with Gasteiger partial charge in [0.1, 0.15) is 0 Å². The zero-order valence-electron chi connectivity index (χ0n) is 7.75. The molecule has 0 spiro atoms. The van der Waals surface area contributed by atoms with Crippen molar-refractivity contribution < 1.29 is 8.42 Å². The largest absolute Gasteiger partial charge is 0.212 e. The van der Waals surface area contributed by atoms with Gasteiger partial charge in [0.15, 0.2) is 0 Å². The van der Waals surface area contributed by atoms with Crippen LogP contribution in [0.2, 0.25) is 0 Å². The third kappa shape index (κ3) is 5.92. The van der Waals surface area contributed by atoms with Gasteiger partial charge in [-0.15, -0.1) is 18.0 Å². The smallest absolute Gasteiger partial charge is 0.212 e. The van der Waals surface area contributed by atoms with Gasteiger partial charge in [-0.05, 0) is 12.8 Å². The summed E-state index contributed by atoms with van der Waals surface area (Å²) in [5.74, 6) is 2.56. The number of nitrogens with one attached hydrogen (secondary N) is 1. The summed E-state index contributed by atoms with van der Waals surface area (Å²) in [6, 6.07) is -0.465. The summed E-state index contributed by atoms with van der Waals surface area (Å²) in [7, 11) is -3.28. The molecule has 0 saturated heterocycles. The highest BCUT2D eigenvalue weighted by Crippen LogP contribution is 2.02. The van der Waals surface area contributed by atoms with E-state index in [4.69, 9.17) is 18.0 Å².